The van der Waals surface area contributed by atoms with Gasteiger partial charge in [-0.15, -0.1) is 11.3 Å². The largest absolute Gasteiger partial charge is 0.488 e. The van der Waals surface area contributed by atoms with E-state index < -0.39 is 0 Å². The number of thiophene rings is 1. The van der Waals surface area contributed by atoms with Crippen molar-refractivity contribution in [1.29, 1.82) is 5.41 Å². The van der Waals surface area contributed by atoms with Crippen molar-refractivity contribution in [1.82, 2.24) is 0 Å². The maximum absolute atomic E-state index is 7.59. The maximum atomic E-state index is 7.59. The van der Waals surface area contributed by atoms with Crippen LogP contribution in [0.4, 0.5) is 0 Å². The number of amidine groups is 1. The van der Waals surface area contributed by atoms with Gasteiger partial charge in [-0.2, -0.15) is 0 Å². The van der Waals surface area contributed by atoms with Gasteiger partial charge in [0, 0.05) is 15.3 Å². The first-order valence-electron chi connectivity index (χ1n) is 6.37. The molecule has 0 aliphatic rings. The van der Waals surface area contributed by atoms with Crippen molar-refractivity contribution in [2.24, 2.45) is 5.73 Å². The highest BCUT2D eigenvalue weighted by molar-refractivity contribution is 7.17. The number of nitrogen functional groups attached to an aromatic ring is 1. The van der Waals surface area contributed by atoms with Crippen molar-refractivity contribution < 1.29 is 4.74 Å². The zero-order valence-corrected chi connectivity index (χ0v) is 12.7. The third-order valence-corrected chi connectivity index (χ3v) is 4.43. The van der Waals surface area contributed by atoms with Gasteiger partial charge in [-0.05, 0) is 35.0 Å². The molecule has 0 amide bonds. The summed E-state index contributed by atoms with van der Waals surface area (Å²) in [6.07, 6.45) is 0. The van der Waals surface area contributed by atoms with Gasteiger partial charge >= 0.3 is 0 Å². The zero-order valence-electron chi connectivity index (χ0n) is 11.1. The number of hydrogen-bond donors (Lipinski definition) is 2. The number of benzene rings is 2. The van der Waals surface area contributed by atoms with Crippen molar-refractivity contribution in [2.75, 3.05) is 0 Å². The SMILES string of the molecule is N=C(N)c1ccc(Cl)cc1OCc1csc2ccccc12. The second-order valence-electron chi connectivity index (χ2n) is 4.60. The van der Waals surface area contributed by atoms with Crippen LogP contribution in [0.1, 0.15) is 11.1 Å². The molecular formula is C16H13ClN2OS. The molecule has 3 N–H and O–H groups in total. The Hall–Kier alpha value is -2.04. The van der Waals surface area contributed by atoms with E-state index in [1.54, 1.807) is 29.5 Å². The summed E-state index contributed by atoms with van der Waals surface area (Å²) in [4.78, 5) is 0. The lowest BCUT2D eigenvalue weighted by molar-refractivity contribution is 0.307. The standard InChI is InChI=1S/C16H13ClN2OS/c17-11-5-6-13(16(18)19)14(7-11)20-8-10-9-21-15-4-2-1-3-12(10)15/h1-7,9H,8H2,(H3,18,19). The minimum atomic E-state index is -0.0307. The Morgan fingerprint density at radius 1 is 1.24 bits per heavy atom. The van der Waals surface area contributed by atoms with Crippen LogP contribution in [0.3, 0.4) is 0 Å². The quantitative estimate of drug-likeness (QED) is 0.553. The smallest absolute Gasteiger partial charge is 0.132 e. The molecule has 0 atom stereocenters. The fourth-order valence-electron chi connectivity index (χ4n) is 2.14. The Morgan fingerprint density at radius 3 is 2.86 bits per heavy atom. The van der Waals surface area contributed by atoms with Crippen molar-refractivity contribution in [3.63, 3.8) is 0 Å². The van der Waals surface area contributed by atoms with Crippen molar-refractivity contribution in [3.05, 3.63) is 64.0 Å². The van der Waals surface area contributed by atoms with Crippen LogP contribution in [0.2, 0.25) is 5.02 Å². The molecule has 3 aromatic rings. The molecule has 1 aromatic heterocycles. The predicted octanol–water partition coefficient (Wildman–Crippen LogP) is 4.42. The van der Waals surface area contributed by atoms with Crippen molar-refractivity contribution >= 4 is 38.9 Å². The summed E-state index contributed by atoms with van der Waals surface area (Å²) in [7, 11) is 0. The van der Waals surface area contributed by atoms with E-state index in [2.05, 4.69) is 17.5 Å². The number of ether oxygens (including phenoxy) is 1. The monoisotopic (exact) mass is 316 g/mol. The fraction of sp³-hybridized carbons (Fsp3) is 0.0625. The molecule has 2 aromatic carbocycles. The number of nitrogens with one attached hydrogen (secondary N) is 1. The van der Waals surface area contributed by atoms with E-state index in [9.17, 15) is 0 Å². The second-order valence-corrected chi connectivity index (χ2v) is 5.95. The lowest BCUT2D eigenvalue weighted by Gasteiger charge is -2.10. The summed E-state index contributed by atoms with van der Waals surface area (Å²) >= 11 is 7.68. The summed E-state index contributed by atoms with van der Waals surface area (Å²) in [5.41, 5.74) is 7.24. The normalized spacial score (nSPS) is 10.7. The van der Waals surface area contributed by atoms with Crippen LogP contribution in [0.15, 0.2) is 47.8 Å². The first-order chi connectivity index (χ1) is 10.1. The Balaban J connectivity index is 1.88. The van der Waals surface area contributed by atoms with Gasteiger partial charge in [-0.1, -0.05) is 29.8 Å². The number of rotatable bonds is 4. The summed E-state index contributed by atoms with van der Waals surface area (Å²) in [5, 5.41) is 11.4. The number of fused-ring (bicyclic) bond motifs is 1. The van der Waals surface area contributed by atoms with Gasteiger partial charge in [0.05, 0.1) is 5.56 Å². The van der Waals surface area contributed by atoms with Crippen LogP contribution >= 0.6 is 22.9 Å². The molecule has 3 nitrogen and oxygen atoms in total. The average Bonchev–Trinajstić information content (AvgIpc) is 2.88. The molecule has 106 valence electrons. The number of hydrogen-bond acceptors (Lipinski definition) is 3. The minimum Gasteiger partial charge on any atom is -0.488 e. The van der Waals surface area contributed by atoms with E-state index in [0.717, 1.165) is 5.56 Å². The van der Waals surface area contributed by atoms with Crippen molar-refractivity contribution in [3.8, 4) is 5.75 Å². The molecule has 0 bridgehead atoms. The highest BCUT2D eigenvalue weighted by atomic mass is 35.5. The summed E-state index contributed by atoms with van der Waals surface area (Å²) < 4.78 is 7.06. The third kappa shape index (κ3) is 2.86. The molecular weight excluding hydrogens is 304 g/mol. The van der Waals surface area contributed by atoms with Gasteiger partial charge in [0.25, 0.3) is 0 Å². The first kappa shape index (κ1) is 13.9. The van der Waals surface area contributed by atoms with Crippen LogP contribution in [-0.4, -0.2) is 5.84 Å². The number of halogens is 1. The highest BCUT2D eigenvalue weighted by Gasteiger charge is 2.09. The van der Waals surface area contributed by atoms with E-state index in [1.165, 1.54) is 10.1 Å². The van der Waals surface area contributed by atoms with Crippen LogP contribution in [0.5, 0.6) is 5.75 Å². The Labute approximate surface area is 131 Å². The van der Waals surface area contributed by atoms with Gasteiger partial charge < -0.3 is 10.5 Å². The molecule has 0 aliphatic heterocycles. The van der Waals surface area contributed by atoms with Gasteiger partial charge in [-0.25, -0.2) is 0 Å². The van der Waals surface area contributed by atoms with Gasteiger partial charge in [-0.3, -0.25) is 5.41 Å². The molecule has 3 rings (SSSR count). The number of nitrogens with two attached hydrogens (primary N) is 1. The summed E-state index contributed by atoms with van der Waals surface area (Å²) in [6.45, 7) is 0.421. The van der Waals surface area contributed by atoms with Gasteiger partial charge in [0.15, 0.2) is 0 Å². The lowest BCUT2D eigenvalue weighted by Crippen LogP contribution is -2.13. The van der Waals surface area contributed by atoms with E-state index in [0.29, 0.717) is 22.9 Å². The van der Waals surface area contributed by atoms with Crippen LogP contribution in [-0.2, 0) is 6.61 Å². The van der Waals surface area contributed by atoms with E-state index >= 15 is 0 Å². The summed E-state index contributed by atoms with van der Waals surface area (Å²) in [6, 6.07) is 13.3. The third-order valence-electron chi connectivity index (χ3n) is 3.18. The van der Waals surface area contributed by atoms with Gasteiger partial charge in [0.1, 0.15) is 18.2 Å². The predicted molar refractivity (Wildman–Crippen MR) is 88.6 cm³/mol. The zero-order chi connectivity index (χ0) is 14.8. The van der Waals surface area contributed by atoms with E-state index in [4.69, 9.17) is 27.5 Å². The van der Waals surface area contributed by atoms with Crippen LogP contribution in [0, 0.1) is 5.41 Å². The molecule has 0 saturated carbocycles. The van der Waals surface area contributed by atoms with Crippen LogP contribution < -0.4 is 10.5 Å². The first-order valence-corrected chi connectivity index (χ1v) is 7.63. The summed E-state index contributed by atoms with van der Waals surface area (Å²) in [5.74, 6) is 0.502. The Morgan fingerprint density at radius 2 is 2.05 bits per heavy atom. The molecule has 0 saturated heterocycles. The fourth-order valence-corrected chi connectivity index (χ4v) is 3.25. The lowest BCUT2D eigenvalue weighted by atomic mass is 10.1. The van der Waals surface area contributed by atoms with Crippen molar-refractivity contribution in [2.45, 2.75) is 6.61 Å². The average molecular weight is 317 g/mol. The Kier molecular flexibility index (Phi) is 3.82. The second kappa shape index (κ2) is 5.76. The topological polar surface area (TPSA) is 59.1 Å². The molecule has 0 unspecified atom stereocenters. The molecule has 0 radical (unpaired) electrons. The molecule has 0 spiro atoms. The van der Waals surface area contributed by atoms with E-state index in [1.807, 2.05) is 12.1 Å². The molecule has 5 heteroatoms. The molecule has 0 fully saturated rings. The van der Waals surface area contributed by atoms with E-state index in [-0.39, 0.29) is 5.84 Å². The molecule has 21 heavy (non-hydrogen) atoms. The molecule has 0 aliphatic carbocycles. The minimum absolute atomic E-state index is 0.0307. The molecule has 1 heterocycles. The Bertz CT molecular complexity index is 813. The van der Waals surface area contributed by atoms with Gasteiger partial charge in [0.2, 0.25) is 0 Å². The maximum Gasteiger partial charge on any atom is 0.132 e. The highest BCUT2D eigenvalue weighted by Crippen LogP contribution is 2.28. The van der Waals surface area contributed by atoms with Crippen LogP contribution in [0.25, 0.3) is 10.1 Å².